The summed E-state index contributed by atoms with van der Waals surface area (Å²) in [5.74, 6) is -3.37. The molecule has 30 heavy (non-hydrogen) atoms. The van der Waals surface area contributed by atoms with E-state index in [1.165, 1.54) is 0 Å². The zero-order valence-corrected chi connectivity index (χ0v) is 17.0. The van der Waals surface area contributed by atoms with Crippen LogP contribution < -0.4 is 5.73 Å². The predicted molar refractivity (Wildman–Crippen MR) is 108 cm³/mol. The summed E-state index contributed by atoms with van der Waals surface area (Å²) in [6.45, 7) is 0. The summed E-state index contributed by atoms with van der Waals surface area (Å²) in [6.07, 6.45) is 0.946. The Morgan fingerprint density at radius 2 is 1.47 bits per heavy atom. The van der Waals surface area contributed by atoms with Crippen LogP contribution in [-0.2, 0) is 19.4 Å². The minimum absolute atomic E-state index is 0.118. The van der Waals surface area contributed by atoms with Gasteiger partial charge in [0.2, 0.25) is 9.84 Å². The van der Waals surface area contributed by atoms with Gasteiger partial charge in [-0.25, -0.2) is 8.42 Å². The largest absolute Gasteiger partial charge is 0.481 e. The van der Waals surface area contributed by atoms with Gasteiger partial charge in [0.25, 0.3) is 0 Å². The lowest BCUT2D eigenvalue weighted by Gasteiger charge is -2.43. The van der Waals surface area contributed by atoms with E-state index >= 15 is 0 Å². The molecule has 0 amide bonds. The number of carbonyl (C=O) groups is 2. The van der Waals surface area contributed by atoms with Crippen molar-refractivity contribution in [3.05, 3.63) is 59.7 Å². The Bertz CT molecular complexity index is 1070. The monoisotopic (exact) mass is 429 g/mol. The van der Waals surface area contributed by atoms with Gasteiger partial charge >= 0.3 is 11.9 Å². The molecule has 2 aromatic carbocycles. The van der Waals surface area contributed by atoms with Gasteiger partial charge in [0.05, 0.1) is 15.7 Å². The quantitative estimate of drug-likeness (QED) is 0.642. The number of benzene rings is 2. The van der Waals surface area contributed by atoms with Gasteiger partial charge in [-0.2, -0.15) is 0 Å². The Balaban J connectivity index is 1.67. The van der Waals surface area contributed by atoms with Gasteiger partial charge < -0.3 is 15.9 Å². The van der Waals surface area contributed by atoms with Crippen LogP contribution in [0.4, 0.5) is 0 Å². The van der Waals surface area contributed by atoms with Crippen LogP contribution in [0.2, 0.25) is 0 Å². The molecule has 158 valence electrons. The van der Waals surface area contributed by atoms with E-state index in [9.17, 15) is 23.1 Å². The zero-order chi connectivity index (χ0) is 21.7. The van der Waals surface area contributed by atoms with Crippen LogP contribution in [0.25, 0.3) is 0 Å². The first-order valence-corrected chi connectivity index (χ1v) is 11.3. The number of carboxylic acids is 2. The third kappa shape index (κ3) is 3.11. The van der Waals surface area contributed by atoms with Gasteiger partial charge in [0.15, 0.2) is 0 Å². The first-order chi connectivity index (χ1) is 14.2. The van der Waals surface area contributed by atoms with Crippen molar-refractivity contribution < 1.29 is 28.2 Å². The van der Waals surface area contributed by atoms with Crippen molar-refractivity contribution in [1.29, 1.82) is 0 Å². The highest BCUT2D eigenvalue weighted by Gasteiger charge is 2.51. The lowest BCUT2D eigenvalue weighted by atomic mass is 9.63. The molecule has 1 heterocycles. The number of nitrogens with two attached hydrogens (primary N) is 1. The average Bonchev–Trinajstić information content (AvgIpc) is 2.66. The fourth-order valence-corrected chi connectivity index (χ4v) is 6.53. The second kappa shape index (κ2) is 7.21. The number of aliphatic carboxylic acids is 2. The van der Waals surface area contributed by atoms with Crippen LogP contribution in [0.15, 0.2) is 58.3 Å². The van der Waals surface area contributed by atoms with Crippen LogP contribution in [0.5, 0.6) is 0 Å². The molecule has 4 rings (SSSR count). The first kappa shape index (κ1) is 20.6. The molecule has 0 saturated heterocycles. The van der Waals surface area contributed by atoms with E-state index < -0.39 is 39.2 Å². The summed E-state index contributed by atoms with van der Waals surface area (Å²) < 4.78 is 26.1. The summed E-state index contributed by atoms with van der Waals surface area (Å²) in [6, 6.07) is 13.6. The van der Waals surface area contributed by atoms with Gasteiger partial charge in [0, 0.05) is 5.92 Å². The molecule has 1 unspecified atom stereocenters. The smallest absolute Gasteiger partial charge is 0.323 e. The van der Waals surface area contributed by atoms with Crippen molar-refractivity contribution in [3.8, 4) is 0 Å². The molecule has 0 radical (unpaired) electrons. The van der Waals surface area contributed by atoms with Crippen LogP contribution in [0, 0.1) is 11.8 Å². The maximum Gasteiger partial charge on any atom is 0.323 e. The third-order valence-electron chi connectivity index (χ3n) is 6.63. The predicted octanol–water partition coefficient (Wildman–Crippen LogP) is 2.64. The minimum atomic E-state index is -3.64. The molecule has 1 saturated carbocycles. The molecule has 8 heteroatoms. The number of sulfone groups is 1. The van der Waals surface area contributed by atoms with Crippen molar-refractivity contribution in [3.63, 3.8) is 0 Å². The van der Waals surface area contributed by atoms with Crippen molar-refractivity contribution in [2.45, 2.75) is 46.9 Å². The molecular formula is C22H23NO6S. The maximum absolute atomic E-state index is 13.0. The van der Waals surface area contributed by atoms with E-state index in [1.807, 2.05) is 0 Å². The molecular weight excluding hydrogens is 406 g/mol. The average molecular weight is 429 g/mol. The van der Waals surface area contributed by atoms with E-state index in [0.29, 0.717) is 17.5 Å². The van der Waals surface area contributed by atoms with Gasteiger partial charge in [0.1, 0.15) is 5.54 Å². The van der Waals surface area contributed by atoms with E-state index in [0.717, 1.165) is 0 Å². The maximum atomic E-state index is 13.0. The zero-order valence-electron chi connectivity index (χ0n) is 16.2. The molecule has 4 N–H and O–H groups in total. The van der Waals surface area contributed by atoms with E-state index in [4.69, 9.17) is 10.8 Å². The van der Waals surface area contributed by atoms with E-state index in [-0.39, 0.29) is 35.0 Å². The molecule has 1 aliphatic heterocycles. The summed E-state index contributed by atoms with van der Waals surface area (Å²) in [4.78, 5) is 23.6. The highest BCUT2D eigenvalue weighted by Crippen LogP contribution is 2.47. The van der Waals surface area contributed by atoms with Crippen molar-refractivity contribution in [2.24, 2.45) is 17.6 Å². The third-order valence-corrected chi connectivity index (χ3v) is 8.53. The molecule has 1 atom stereocenters. The molecule has 2 aliphatic rings. The summed E-state index contributed by atoms with van der Waals surface area (Å²) in [5.41, 5.74) is 6.04. The number of hydrogen-bond donors (Lipinski definition) is 3. The SMILES string of the molecule is NC(CCC1c2ccccc2S(=O)(=O)c2ccccc21)(C(=O)O)C1CC(C(=O)O)C1. The van der Waals surface area contributed by atoms with E-state index in [2.05, 4.69) is 0 Å². The lowest BCUT2D eigenvalue weighted by Crippen LogP contribution is -2.58. The van der Waals surface area contributed by atoms with Crippen LogP contribution >= 0.6 is 0 Å². The summed E-state index contributed by atoms with van der Waals surface area (Å²) >= 11 is 0. The molecule has 2 aromatic rings. The standard InChI is InChI=1S/C22H23NO6S/c23-22(21(26)27,14-11-13(12-14)20(24)25)10-9-15-16-5-1-3-7-18(16)30(28,29)19-8-4-2-6-17(15)19/h1-8,13-15H,9-12,23H2,(H,24,25)(H,26,27). The molecule has 0 bridgehead atoms. The van der Waals surface area contributed by atoms with Crippen molar-refractivity contribution >= 4 is 21.8 Å². The molecule has 7 nitrogen and oxygen atoms in total. The van der Waals surface area contributed by atoms with Crippen LogP contribution in [-0.4, -0.2) is 36.1 Å². The number of carboxylic acid groups (broad SMARTS) is 2. The Morgan fingerprint density at radius 3 is 1.93 bits per heavy atom. The van der Waals surface area contributed by atoms with Gasteiger partial charge in [-0.05, 0) is 54.9 Å². The fourth-order valence-electron chi connectivity index (χ4n) is 4.73. The molecule has 0 aromatic heterocycles. The van der Waals surface area contributed by atoms with Crippen LogP contribution in [0.1, 0.15) is 42.7 Å². The van der Waals surface area contributed by atoms with Crippen molar-refractivity contribution in [1.82, 2.24) is 0 Å². The molecule has 1 fully saturated rings. The Hall–Kier alpha value is -2.71. The Labute approximate surface area is 174 Å². The lowest BCUT2D eigenvalue weighted by molar-refractivity contribution is -0.155. The topological polar surface area (TPSA) is 135 Å². The van der Waals surface area contributed by atoms with Gasteiger partial charge in [-0.3, -0.25) is 9.59 Å². The second-order valence-corrected chi connectivity index (χ2v) is 10.1. The number of rotatable bonds is 6. The van der Waals surface area contributed by atoms with E-state index in [1.54, 1.807) is 48.5 Å². The Morgan fingerprint density at radius 1 is 0.967 bits per heavy atom. The highest BCUT2D eigenvalue weighted by molar-refractivity contribution is 7.91. The highest BCUT2D eigenvalue weighted by atomic mass is 32.2. The number of fused-ring (bicyclic) bond motifs is 2. The second-order valence-electron chi connectivity index (χ2n) is 8.22. The summed E-state index contributed by atoms with van der Waals surface area (Å²) in [5, 5.41) is 18.9. The van der Waals surface area contributed by atoms with Gasteiger partial charge in [-0.15, -0.1) is 0 Å². The summed E-state index contributed by atoms with van der Waals surface area (Å²) in [7, 11) is -3.64. The normalized spacial score (nSPS) is 24.0. The molecule has 1 aliphatic carbocycles. The number of hydrogen-bond acceptors (Lipinski definition) is 5. The van der Waals surface area contributed by atoms with Crippen molar-refractivity contribution in [2.75, 3.05) is 0 Å². The Kier molecular flexibility index (Phi) is 4.94. The van der Waals surface area contributed by atoms with Gasteiger partial charge in [-0.1, -0.05) is 36.4 Å². The fraction of sp³-hybridized carbons (Fsp3) is 0.364. The minimum Gasteiger partial charge on any atom is -0.481 e. The molecule has 0 spiro atoms. The first-order valence-electron chi connectivity index (χ1n) is 9.84. The van der Waals surface area contributed by atoms with Crippen LogP contribution in [0.3, 0.4) is 0 Å².